The van der Waals surface area contributed by atoms with Gasteiger partial charge in [0.05, 0.1) is 21.4 Å². The maximum absolute atomic E-state index is 10.7. The molecular weight excluding hydrogens is 378 g/mol. The summed E-state index contributed by atoms with van der Waals surface area (Å²) >= 11 is 1.67. The minimum atomic E-state index is 0.450. The van der Waals surface area contributed by atoms with Gasteiger partial charge in [0.15, 0.2) is 0 Å². The standard InChI is InChI=1S/C16H15N3OS4/c1-17-14-6-11(2-4-13(14)19-20)8-22-24-23-9-12-3-5-16-15(7-12)18-10-21-16/h2-7,10,17H,8-9H2,1H3. The molecule has 0 radical (unpaired) electrons. The lowest BCUT2D eigenvalue weighted by atomic mass is 10.2. The molecule has 0 bridgehead atoms. The van der Waals surface area contributed by atoms with Gasteiger partial charge < -0.3 is 5.32 Å². The fourth-order valence-corrected chi connectivity index (χ4v) is 6.41. The van der Waals surface area contributed by atoms with Gasteiger partial charge >= 0.3 is 0 Å². The molecule has 3 aromatic rings. The van der Waals surface area contributed by atoms with Gasteiger partial charge in [-0.15, -0.1) is 16.2 Å². The Kier molecular flexibility index (Phi) is 6.42. The third-order valence-corrected chi connectivity index (χ3v) is 8.29. The second kappa shape index (κ2) is 8.75. The largest absolute Gasteiger partial charge is 0.386 e. The van der Waals surface area contributed by atoms with E-state index in [0.29, 0.717) is 5.69 Å². The first-order chi connectivity index (χ1) is 11.8. The summed E-state index contributed by atoms with van der Waals surface area (Å²) in [4.78, 5) is 15.0. The zero-order valence-corrected chi connectivity index (χ0v) is 16.2. The Morgan fingerprint density at radius 1 is 1.12 bits per heavy atom. The molecule has 0 unspecified atom stereocenters. The van der Waals surface area contributed by atoms with Gasteiger partial charge in [-0.25, -0.2) is 4.98 Å². The van der Waals surface area contributed by atoms with Crippen LogP contribution in [0.5, 0.6) is 0 Å². The molecule has 1 N–H and O–H groups in total. The number of nitroso groups, excluding NO2 is 1. The average molecular weight is 394 g/mol. The lowest BCUT2D eigenvalue weighted by Gasteiger charge is -2.06. The predicted molar refractivity (Wildman–Crippen MR) is 111 cm³/mol. The van der Waals surface area contributed by atoms with Crippen molar-refractivity contribution in [2.45, 2.75) is 11.5 Å². The van der Waals surface area contributed by atoms with Gasteiger partial charge in [0.2, 0.25) is 0 Å². The number of fused-ring (bicyclic) bond motifs is 1. The van der Waals surface area contributed by atoms with Crippen molar-refractivity contribution < 1.29 is 0 Å². The van der Waals surface area contributed by atoms with Gasteiger partial charge in [-0.1, -0.05) is 33.7 Å². The minimum absolute atomic E-state index is 0.450. The van der Waals surface area contributed by atoms with Crippen LogP contribution < -0.4 is 5.32 Å². The smallest absolute Gasteiger partial charge is 0.131 e. The Balaban J connectivity index is 1.46. The Bertz CT molecular complexity index is 837. The van der Waals surface area contributed by atoms with Crippen molar-refractivity contribution in [3.63, 3.8) is 0 Å². The van der Waals surface area contributed by atoms with Gasteiger partial charge in [-0.3, -0.25) is 0 Å². The van der Waals surface area contributed by atoms with Gasteiger partial charge in [0.1, 0.15) is 5.69 Å². The van der Waals surface area contributed by atoms with E-state index in [4.69, 9.17) is 0 Å². The van der Waals surface area contributed by atoms with Crippen molar-refractivity contribution in [3.8, 4) is 0 Å². The molecule has 0 saturated carbocycles. The first-order valence-corrected chi connectivity index (χ1v) is 11.9. The van der Waals surface area contributed by atoms with Crippen LogP contribution in [0.25, 0.3) is 10.2 Å². The monoisotopic (exact) mass is 393 g/mol. The maximum atomic E-state index is 10.7. The zero-order chi connectivity index (χ0) is 16.8. The second-order valence-electron chi connectivity index (χ2n) is 4.94. The Morgan fingerprint density at radius 2 is 1.88 bits per heavy atom. The summed E-state index contributed by atoms with van der Waals surface area (Å²) < 4.78 is 1.24. The molecule has 24 heavy (non-hydrogen) atoms. The molecule has 3 rings (SSSR count). The second-order valence-corrected chi connectivity index (χ2v) is 10.1. The van der Waals surface area contributed by atoms with E-state index in [2.05, 4.69) is 33.7 Å². The summed E-state index contributed by atoms with van der Waals surface area (Å²) in [5, 5.41) is 6.01. The molecule has 0 spiro atoms. The maximum Gasteiger partial charge on any atom is 0.131 e. The third kappa shape index (κ3) is 4.44. The van der Waals surface area contributed by atoms with Gasteiger partial charge in [0.25, 0.3) is 0 Å². The van der Waals surface area contributed by atoms with Gasteiger partial charge in [0, 0.05) is 18.6 Å². The SMILES string of the molecule is CNc1cc(CSSSCc2ccc3scnc3c2)ccc1N=O. The van der Waals surface area contributed by atoms with Crippen LogP contribution in [0.2, 0.25) is 0 Å². The molecule has 0 saturated heterocycles. The number of nitrogens with zero attached hydrogens (tertiary/aromatic N) is 2. The summed E-state index contributed by atoms with van der Waals surface area (Å²) in [7, 11) is 7.20. The molecule has 1 aromatic heterocycles. The van der Waals surface area contributed by atoms with Crippen LogP contribution in [0.15, 0.2) is 47.1 Å². The number of nitrogens with one attached hydrogen (secondary N) is 1. The number of anilines is 1. The topological polar surface area (TPSA) is 54.4 Å². The molecule has 0 atom stereocenters. The minimum Gasteiger partial charge on any atom is -0.386 e. The molecule has 2 aromatic carbocycles. The number of aromatic nitrogens is 1. The zero-order valence-electron chi connectivity index (χ0n) is 12.9. The normalized spacial score (nSPS) is 10.9. The average Bonchev–Trinajstić information content (AvgIpc) is 3.09. The van der Waals surface area contributed by atoms with Crippen LogP contribution in [0, 0.1) is 4.91 Å². The van der Waals surface area contributed by atoms with Crippen molar-refractivity contribution in [2.75, 3.05) is 12.4 Å². The highest BCUT2D eigenvalue weighted by molar-refractivity contribution is 9.09. The number of rotatable bonds is 8. The molecule has 0 fully saturated rings. The van der Waals surface area contributed by atoms with Crippen LogP contribution in [0.4, 0.5) is 11.4 Å². The van der Waals surface area contributed by atoms with E-state index in [-0.39, 0.29) is 0 Å². The van der Waals surface area contributed by atoms with E-state index in [1.165, 1.54) is 15.8 Å². The Morgan fingerprint density at radius 3 is 2.62 bits per heavy atom. The van der Waals surface area contributed by atoms with E-state index in [0.717, 1.165) is 22.7 Å². The van der Waals surface area contributed by atoms with E-state index in [9.17, 15) is 4.91 Å². The van der Waals surface area contributed by atoms with Crippen LogP contribution in [0.3, 0.4) is 0 Å². The number of hydrogen-bond acceptors (Lipinski definition) is 8. The van der Waals surface area contributed by atoms with E-state index in [1.54, 1.807) is 45.1 Å². The molecule has 4 nitrogen and oxygen atoms in total. The number of thiazole rings is 1. The van der Waals surface area contributed by atoms with Crippen LogP contribution in [0.1, 0.15) is 11.1 Å². The van der Waals surface area contributed by atoms with Crippen molar-refractivity contribution in [3.05, 3.63) is 57.9 Å². The molecule has 0 amide bonds. The summed E-state index contributed by atoms with van der Waals surface area (Å²) in [5.41, 5.74) is 6.66. The summed E-state index contributed by atoms with van der Waals surface area (Å²) in [6, 6.07) is 12.2. The Labute approximate surface area is 156 Å². The quantitative estimate of drug-likeness (QED) is 0.269. The first-order valence-electron chi connectivity index (χ1n) is 7.17. The number of benzene rings is 2. The summed E-state index contributed by atoms with van der Waals surface area (Å²) in [6.07, 6.45) is 0. The lowest BCUT2D eigenvalue weighted by molar-refractivity contribution is 1.37. The fourth-order valence-electron chi connectivity index (χ4n) is 2.16. The van der Waals surface area contributed by atoms with Crippen LogP contribution >= 0.6 is 42.8 Å². The lowest BCUT2D eigenvalue weighted by Crippen LogP contribution is -1.90. The first kappa shape index (κ1) is 17.6. The van der Waals surface area contributed by atoms with Crippen molar-refractivity contribution in [2.24, 2.45) is 5.18 Å². The van der Waals surface area contributed by atoms with Crippen molar-refractivity contribution in [1.29, 1.82) is 0 Å². The molecule has 124 valence electrons. The van der Waals surface area contributed by atoms with E-state index >= 15 is 0 Å². The summed E-state index contributed by atoms with van der Waals surface area (Å²) in [5.74, 6) is 1.84. The van der Waals surface area contributed by atoms with Crippen LogP contribution in [-0.2, 0) is 11.5 Å². The highest BCUT2D eigenvalue weighted by Gasteiger charge is 2.04. The summed E-state index contributed by atoms with van der Waals surface area (Å²) in [6.45, 7) is 0. The van der Waals surface area contributed by atoms with Gasteiger partial charge in [-0.2, -0.15) is 0 Å². The highest BCUT2D eigenvalue weighted by atomic mass is 33.5. The van der Waals surface area contributed by atoms with E-state index in [1.807, 2.05) is 28.4 Å². The highest BCUT2D eigenvalue weighted by Crippen LogP contribution is 2.40. The molecule has 0 aliphatic heterocycles. The molecular formula is C16H15N3OS4. The predicted octanol–water partition coefficient (Wildman–Crippen LogP) is 6.47. The Hall–Kier alpha value is -1.22. The van der Waals surface area contributed by atoms with Crippen molar-refractivity contribution >= 4 is 64.3 Å². The van der Waals surface area contributed by atoms with E-state index < -0.39 is 0 Å². The third-order valence-electron chi connectivity index (χ3n) is 3.37. The molecule has 1 heterocycles. The van der Waals surface area contributed by atoms with Gasteiger partial charge in [-0.05, 0) is 50.4 Å². The molecule has 8 heteroatoms. The fraction of sp³-hybridized carbons (Fsp3) is 0.188. The molecule has 0 aliphatic rings. The molecule has 0 aliphatic carbocycles. The van der Waals surface area contributed by atoms with Crippen molar-refractivity contribution in [1.82, 2.24) is 4.98 Å². The number of hydrogen-bond donors (Lipinski definition) is 1. The van der Waals surface area contributed by atoms with Crippen LogP contribution in [-0.4, -0.2) is 12.0 Å².